The molecule has 6 heteroatoms. The maximum atomic E-state index is 13.3. The van der Waals surface area contributed by atoms with Gasteiger partial charge in [0, 0.05) is 6.42 Å². The molecule has 3 rings (SSSR count). The summed E-state index contributed by atoms with van der Waals surface area (Å²) in [5, 5.41) is 6.43. The van der Waals surface area contributed by atoms with Crippen molar-refractivity contribution in [2.45, 2.75) is 25.3 Å². The number of ether oxygens (including phenoxy) is 1. The zero-order chi connectivity index (χ0) is 18.4. The average Bonchev–Trinajstić information content (AvgIpc) is 3.19. The molecule has 1 amide bonds. The van der Waals surface area contributed by atoms with E-state index in [2.05, 4.69) is 10.6 Å². The predicted octanol–water partition coefficient (Wildman–Crippen LogP) is 3.85. The van der Waals surface area contributed by atoms with Crippen LogP contribution in [0.3, 0.4) is 0 Å². The Morgan fingerprint density at radius 2 is 1.81 bits per heavy atom. The summed E-state index contributed by atoms with van der Waals surface area (Å²) in [5.41, 5.74) is 1.79. The SMILES string of the molecule is COc1ccc(C(NC(=O)CCC2CCNC2)c2ccc(F)cc2)cc1.Cl. The number of benzene rings is 2. The quantitative estimate of drug-likeness (QED) is 0.752. The number of amides is 1. The van der Waals surface area contributed by atoms with Gasteiger partial charge in [0.05, 0.1) is 13.2 Å². The van der Waals surface area contributed by atoms with Crippen LogP contribution in [-0.2, 0) is 4.79 Å². The van der Waals surface area contributed by atoms with Crippen molar-refractivity contribution in [2.24, 2.45) is 5.92 Å². The number of halogens is 2. The molecule has 2 N–H and O–H groups in total. The second-order valence-electron chi connectivity index (χ2n) is 6.72. The molecule has 2 aromatic rings. The summed E-state index contributed by atoms with van der Waals surface area (Å²) >= 11 is 0. The summed E-state index contributed by atoms with van der Waals surface area (Å²) in [7, 11) is 1.62. The minimum atomic E-state index is -0.310. The van der Waals surface area contributed by atoms with Crippen LogP contribution in [0.4, 0.5) is 4.39 Å². The lowest BCUT2D eigenvalue weighted by atomic mass is 9.97. The molecule has 1 saturated heterocycles. The molecule has 0 radical (unpaired) electrons. The van der Waals surface area contributed by atoms with Gasteiger partial charge in [0.25, 0.3) is 0 Å². The molecule has 1 aliphatic rings. The fourth-order valence-electron chi connectivity index (χ4n) is 3.34. The molecule has 0 bridgehead atoms. The van der Waals surface area contributed by atoms with Crippen LogP contribution in [0.15, 0.2) is 48.5 Å². The maximum Gasteiger partial charge on any atom is 0.220 e. The predicted molar refractivity (Wildman–Crippen MR) is 107 cm³/mol. The zero-order valence-corrected chi connectivity index (χ0v) is 16.2. The van der Waals surface area contributed by atoms with E-state index < -0.39 is 0 Å². The Labute approximate surface area is 165 Å². The molecule has 4 nitrogen and oxygen atoms in total. The number of carbonyl (C=O) groups excluding carboxylic acids is 1. The molecule has 0 aliphatic carbocycles. The van der Waals surface area contributed by atoms with Crippen molar-refractivity contribution in [3.63, 3.8) is 0 Å². The van der Waals surface area contributed by atoms with Gasteiger partial charge in [-0.1, -0.05) is 24.3 Å². The van der Waals surface area contributed by atoms with Crippen LogP contribution in [0.25, 0.3) is 0 Å². The molecule has 1 aliphatic heterocycles. The van der Waals surface area contributed by atoms with Gasteiger partial charge in [0.15, 0.2) is 0 Å². The first-order valence-corrected chi connectivity index (χ1v) is 9.05. The van der Waals surface area contributed by atoms with E-state index in [1.165, 1.54) is 12.1 Å². The third-order valence-corrected chi connectivity index (χ3v) is 4.90. The van der Waals surface area contributed by atoms with Gasteiger partial charge in [-0.25, -0.2) is 4.39 Å². The first-order valence-electron chi connectivity index (χ1n) is 9.05. The van der Waals surface area contributed by atoms with E-state index in [-0.39, 0.29) is 30.2 Å². The fourth-order valence-corrected chi connectivity index (χ4v) is 3.34. The Kier molecular flexibility index (Phi) is 8.07. The summed E-state index contributed by atoms with van der Waals surface area (Å²) in [4.78, 5) is 12.5. The normalized spacial score (nSPS) is 17.0. The molecule has 146 valence electrons. The van der Waals surface area contributed by atoms with Gasteiger partial charge in [0.2, 0.25) is 5.91 Å². The lowest BCUT2D eigenvalue weighted by Gasteiger charge is -2.21. The Morgan fingerprint density at radius 1 is 1.19 bits per heavy atom. The minimum Gasteiger partial charge on any atom is -0.497 e. The van der Waals surface area contributed by atoms with Crippen molar-refractivity contribution in [3.8, 4) is 5.75 Å². The van der Waals surface area contributed by atoms with Gasteiger partial charge in [-0.05, 0) is 67.2 Å². The van der Waals surface area contributed by atoms with Gasteiger partial charge >= 0.3 is 0 Å². The van der Waals surface area contributed by atoms with Crippen LogP contribution in [0.2, 0.25) is 0 Å². The first kappa shape index (κ1) is 21.2. The number of methoxy groups -OCH3 is 1. The van der Waals surface area contributed by atoms with Crippen molar-refractivity contribution in [2.75, 3.05) is 20.2 Å². The van der Waals surface area contributed by atoms with Crippen LogP contribution in [0.1, 0.15) is 36.4 Å². The lowest BCUT2D eigenvalue weighted by molar-refractivity contribution is -0.121. The third kappa shape index (κ3) is 5.94. The second kappa shape index (κ2) is 10.3. The van der Waals surface area contributed by atoms with Gasteiger partial charge in [-0.2, -0.15) is 0 Å². The smallest absolute Gasteiger partial charge is 0.220 e. The highest BCUT2D eigenvalue weighted by atomic mass is 35.5. The van der Waals surface area contributed by atoms with Crippen LogP contribution < -0.4 is 15.4 Å². The summed E-state index contributed by atoms with van der Waals surface area (Å²) in [6.07, 6.45) is 2.52. The summed E-state index contributed by atoms with van der Waals surface area (Å²) < 4.78 is 18.5. The summed E-state index contributed by atoms with van der Waals surface area (Å²) in [6, 6.07) is 13.5. The number of hydrogen-bond donors (Lipinski definition) is 2. The average molecular weight is 393 g/mol. The van der Waals surface area contributed by atoms with Gasteiger partial charge in [-0.15, -0.1) is 12.4 Å². The Hall–Kier alpha value is -2.11. The summed E-state index contributed by atoms with van der Waals surface area (Å²) in [6.45, 7) is 2.03. The number of rotatable bonds is 7. The second-order valence-corrected chi connectivity index (χ2v) is 6.72. The Morgan fingerprint density at radius 3 is 2.37 bits per heavy atom. The van der Waals surface area contributed by atoms with Crippen LogP contribution in [0, 0.1) is 11.7 Å². The lowest BCUT2D eigenvalue weighted by Crippen LogP contribution is -2.29. The first-order chi connectivity index (χ1) is 12.7. The molecule has 0 saturated carbocycles. The van der Waals surface area contributed by atoms with Crippen molar-refractivity contribution in [1.82, 2.24) is 10.6 Å². The van der Waals surface area contributed by atoms with E-state index in [1.807, 2.05) is 24.3 Å². The molecule has 2 aromatic carbocycles. The standard InChI is InChI=1S/C21H25FN2O2.ClH/c1-26-19-9-5-17(6-10-19)21(16-3-7-18(22)8-4-16)24-20(25)11-2-15-12-13-23-14-15;/h3-10,15,21,23H,2,11-14H2,1H3,(H,24,25);1H. The van der Waals surface area contributed by atoms with Crippen LogP contribution in [0.5, 0.6) is 5.75 Å². The molecule has 2 unspecified atom stereocenters. The number of hydrogen-bond acceptors (Lipinski definition) is 3. The van der Waals surface area contributed by atoms with Gasteiger partial charge in [0.1, 0.15) is 11.6 Å². The molecule has 0 spiro atoms. The van der Waals surface area contributed by atoms with E-state index in [0.29, 0.717) is 12.3 Å². The highest BCUT2D eigenvalue weighted by Gasteiger charge is 2.20. The van der Waals surface area contributed by atoms with Crippen LogP contribution in [-0.4, -0.2) is 26.1 Å². The highest BCUT2D eigenvalue weighted by Crippen LogP contribution is 2.25. The zero-order valence-electron chi connectivity index (χ0n) is 15.4. The van der Waals surface area contributed by atoms with E-state index in [4.69, 9.17) is 4.74 Å². The van der Waals surface area contributed by atoms with Crippen LogP contribution >= 0.6 is 12.4 Å². The molecule has 0 aromatic heterocycles. The Bertz CT molecular complexity index is 716. The van der Waals surface area contributed by atoms with E-state index in [9.17, 15) is 9.18 Å². The molecule has 1 heterocycles. The topological polar surface area (TPSA) is 50.4 Å². The van der Waals surface area contributed by atoms with E-state index in [1.54, 1.807) is 19.2 Å². The van der Waals surface area contributed by atoms with Crippen molar-refractivity contribution < 1.29 is 13.9 Å². The molecular weight excluding hydrogens is 367 g/mol. The third-order valence-electron chi connectivity index (χ3n) is 4.90. The molecular formula is C21H26ClFN2O2. The van der Waals surface area contributed by atoms with Crippen molar-refractivity contribution >= 4 is 18.3 Å². The highest BCUT2D eigenvalue weighted by molar-refractivity contribution is 5.85. The largest absolute Gasteiger partial charge is 0.497 e. The maximum absolute atomic E-state index is 13.3. The molecule has 1 fully saturated rings. The monoisotopic (exact) mass is 392 g/mol. The number of carbonyl (C=O) groups is 1. The van der Waals surface area contributed by atoms with E-state index in [0.717, 1.165) is 42.8 Å². The molecule has 27 heavy (non-hydrogen) atoms. The van der Waals surface area contributed by atoms with Crippen molar-refractivity contribution in [3.05, 3.63) is 65.5 Å². The number of nitrogens with one attached hydrogen (secondary N) is 2. The Balaban J connectivity index is 0.00000261. The van der Waals surface area contributed by atoms with Crippen molar-refractivity contribution in [1.29, 1.82) is 0 Å². The molecule has 2 atom stereocenters. The minimum absolute atomic E-state index is 0. The van der Waals surface area contributed by atoms with E-state index >= 15 is 0 Å². The fraction of sp³-hybridized carbons (Fsp3) is 0.381. The summed E-state index contributed by atoms with van der Waals surface area (Å²) in [5.74, 6) is 1.06. The van der Waals surface area contributed by atoms with Gasteiger partial charge < -0.3 is 15.4 Å². The van der Waals surface area contributed by atoms with Gasteiger partial charge in [-0.3, -0.25) is 4.79 Å².